The van der Waals surface area contributed by atoms with Crippen LogP contribution < -0.4 is 15.8 Å². The van der Waals surface area contributed by atoms with Gasteiger partial charge in [-0.15, -0.1) is 0 Å². The summed E-state index contributed by atoms with van der Waals surface area (Å²) >= 11 is 0. The molecule has 1 aliphatic heterocycles. The Balaban J connectivity index is 0.000000329. The highest BCUT2D eigenvalue weighted by molar-refractivity contribution is 6.27. The van der Waals surface area contributed by atoms with Gasteiger partial charge in [0, 0.05) is 18.6 Å². The van der Waals surface area contributed by atoms with Gasteiger partial charge in [-0.2, -0.15) is 0 Å². The number of para-hydroxylation sites is 1. The van der Waals surface area contributed by atoms with Gasteiger partial charge in [0.2, 0.25) is 0 Å². The van der Waals surface area contributed by atoms with Crippen LogP contribution >= 0.6 is 0 Å². The number of rotatable bonds is 0. The minimum atomic E-state index is -0.500. The van der Waals surface area contributed by atoms with Crippen molar-refractivity contribution in [3.8, 4) is 0 Å². The molecule has 0 fully saturated rings. The number of benzene rings is 1. The Bertz CT molecular complexity index is 650. The van der Waals surface area contributed by atoms with Crippen molar-refractivity contribution in [2.75, 3.05) is 0 Å². The first-order chi connectivity index (χ1) is 8.27. The average molecular weight is 228 g/mol. The maximum absolute atomic E-state index is 11.6. The summed E-state index contributed by atoms with van der Waals surface area (Å²) in [6.45, 7) is -0.500. The Morgan fingerprint density at radius 1 is 1.24 bits per heavy atom. The number of carbonyl (C=O) groups is 2. The number of carboxylic acid groups (broad SMARTS) is 1. The summed E-state index contributed by atoms with van der Waals surface area (Å²) in [6, 6.07) is 7.58. The molecule has 4 heteroatoms. The van der Waals surface area contributed by atoms with E-state index in [9.17, 15) is 4.79 Å². The van der Waals surface area contributed by atoms with E-state index < -0.39 is 6.47 Å². The van der Waals surface area contributed by atoms with Gasteiger partial charge in [-0.3, -0.25) is 4.79 Å². The molecule has 0 aromatic heterocycles. The number of carbonyl (C=O) groups excluding carboxylic acids is 2. The smallest absolute Gasteiger partial charge is 0.365 e. The van der Waals surface area contributed by atoms with E-state index >= 15 is 0 Å². The van der Waals surface area contributed by atoms with Gasteiger partial charge in [-0.25, -0.2) is 4.42 Å². The summed E-state index contributed by atoms with van der Waals surface area (Å²) in [5.74, 6) is 0.686. The van der Waals surface area contributed by atoms with Crippen molar-refractivity contribution >= 4 is 17.8 Å². The highest BCUT2D eigenvalue weighted by Crippen LogP contribution is 2.18. The van der Waals surface area contributed by atoms with Crippen LogP contribution in [0.1, 0.15) is 0 Å². The number of hydrogen-bond acceptors (Lipinski definition) is 3. The molecule has 1 aliphatic carbocycles. The fourth-order valence-electron chi connectivity index (χ4n) is 1.74. The molecule has 0 saturated heterocycles. The zero-order valence-electron chi connectivity index (χ0n) is 8.75. The molecule has 4 nitrogen and oxygen atoms in total. The van der Waals surface area contributed by atoms with Crippen LogP contribution in [-0.4, -0.2) is 12.3 Å². The van der Waals surface area contributed by atoms with Gasteiger partial charge >= 0.3 is 11.2 Å². The third-order valence-electron chi connectivity index (χ3n) is 2.36. The van der Waals surface area contributed by atoms with Gasteiger partial charge < -0.3 is 9.90 Å². The van der Waals surface area contributed by atoms with Crippen LogP contribution in [0.4, 0.5) is 0 Å². The van der Waals surface area contributed by atoms with Crippen LogP contribution in [0.15, 0.2) is 52.7 Å². The van der Waals surface area contributed by atoms with Gasteiger partial charge in [-0.05, 0) is 18.2 Å². The normalized spacial score (nSPS) is 14.9. The standard InChI is InChI=1S/C12H7O2.CH2O2/c13-9-5-3-7-11-12(9)8-4-1-2-6-10(8)14-11;2-1-3/h1-7H;1H,(H,2,3)/q+1;/p-1. The Labute approximate surface area is 96.5 Å². The van der Waals surface area contributed by atoms with Crippen LogP contribution in [-0.2, 0) is 9.59 Å². The quantitative estimate of drug-likeness (QED) is 0.416. The molecule has 1 aromatic carbocycles. The van der Waals surface area contributed by atoms with E-state index in [4.69, 9.17) is 14.3 Å². The third-order valence-corrected chi connectivity index (χ3v) is 2.36. The van der Waals surface area contributed by atoms with Gasteiger partial charge in [0.05, 0.1) is 0 Å². The number of ketones is 1. The fraction of sp³-hybridized carbons (Fsp3) is 0. The van der Waals surface area contributed by atoms with Gasteiger partial charge in [0.15, 0.2) is 5.78 Å². The van der Waals surface area contributed by atoms with E-state index in [1.807, 2.05) is 30.3 Å². The zero-order valence-corrected chi connectivity index (χ0v) is 8.75. The van der Waals surface area contributed by atoms with E-state index in [0.29, 0.717) is 11.3 Å². The van der Waals surface area contributed by atoms with Crippen LogP contribution in [0.3, 0.4) is 0 Å². The summed E-state index contributed by atoms with van der Waals surface area (Å²) in [5, 5.41) is 9.15. The second kappa shape index (κ2) is 4.57. The lowest BCUT2D eigenvalue weighted by Crippen LogP contribution is -2.24. The largest absolute Gasteiger partial charge is 0.554 e. The maximum Gasteiger partial charge on any atom is 0.365 e. The van der Waals surface area contributed by atoms with Crippen LogP contribution in [0, 0.1) is 0 Å². The summed E-state index contributed by atoms with van der Waals surface area (Å²) in [6.07, 6.45) is 5.09. The highest BCUT2D eigenvalue weighted by Gasteiger charge is 2.31. The Morgan fingerprint density at radius 3 is 2.71 bits per heavy atom. The van der Waals surface area contributed by atoms with Crippen LogP contribution in [0.5, 0.6) is 0 Å². The predicted octanol–water partition coefficient (Wildman–Crippen LogP) is -1.15. The summed E-state index contributed by atoms with van der Waals surface area (Å²) < 4.78 is 5.53. The molecule has 0 unspecified atom stereocenters. The Morgan fingerprint density at radius 2 is 1.94 bits per heavy atom. The molecule has 0 bridgehead atoms. The molecule has 3 rings (SSSR count). The maximum atomic E-state index is 11.6. The number of hydrogen-bond donors (Lipinski definition) is 0. The monoisotopic (exact) mass is 228 g/mol. The zero-order chi connectivity index (χ0) is 12.3. The second-order valence-corrected chi connectivity index (χ2v) is 3.32. The topological polar surface area (TPSA) is 68.5 Å². The van der Waals surface area contributed by atoms with Crippen molar-refractivity contribution in [2.45, 2.75) is 0 Å². The van der Waals surface area contributed by atoms with Crippen molar-refractivity contribution in [2.24, 2.45) is 0 Å². The molecule has 0 N–H and O–H groups in total. The van der Waals surface area contributed by atoms with E-state index in [0.717, 1.165) is 10.6 Å². The molecule has 1 aromatic rings. The molecule has 84 valence electrons. The average Bonchev–Trinajstić information content (AvgIpc) is 2.69. The second-order valence-electron chi connectivity index (χ2n) is 3.32. The molecule has 0 atom stereocenters. The molecular formula is C13H8O4. The minimum absolute atomic E-state index is 0.0208. The fourth-order valence-corrected chi connectivity index (χ4v) is 1.74. The lowest BCUT2D eigenvalue weighted by molar-refractivity contribution is -0.283. The first-order valence-electron chi connectivity index (χ1n) is 4.91. The summed E-state index contributed by atoms with van der Waals surface area (Å²) in [7, 11) is 0. The van der Waals surface area contributed by atoms with E-state index in [-0.39, 0.29) is 5.78 Å². The Kier molecular flexibility index (Phi) is 2.96. The highest BCUT2D eigenvalue weighted by atomic mass is 16.4. The lowest BCUT2D eigenvalue weighted by Gasteiger charge is -1.93. The van der Waals surface area contributed by atoms with Crippen molar-refractivity contribution in [3.63, 3.8) is 0 Å². The molecule has 2 aliphatic rings. The van der Waals surface area contributed by atoms with E-state index in [1.54, 1.807) is 12.2 Å². The number of allylic oxidation sites excluding steroid dienone is 4. The third kappa shape index (κ3) is 1.92. The van der Waals surface area contributed by atoms with Crippen LogP contribution in [0.25, 0.3) is 5.57 Å². The first-order valence-corrected chi connectivity index (χ1v) is 4.91. The first kappa shape index (κ1) is 11.0. The van der Waals surface area contributed by atoms with E-state index in [1.165, 1.54) is 0 Å². The van der Waals surface area contributed by atoms with Gasteiger partial charge in [-0.1, -0.05) is 12.1 Å². The minimum Gasteiger partial charge on any atom is -0.554 e. The predicted molar refractivity (Wildman–Crippen MR) is 59.6 cm³/mol. The molecule has 0 spiro atoms. The van der Waals surface area contributed by atoms with Crippen molar-refractivity contribution in [3.05, 3.63) is 63.3 Å². The molecule has 0 radical (unpaired) electrons. The lowest BCUT2D eigenvalue weighted by atomic mass is 10.0. The van der Waals surface area contributed by atoms with Crippen LogP contribution in [0.2, 0.25) is 0 Å². The van der Waals surface area contributed by atoms with Gasteiger partial charge in [0.25, 0.3) is 0 Å². The molecule has 1 heterocycles. The van der Waals surface area contributed by atoms with Crippen molar-refractivity contribution < 1.29 is 14.7 Å². The summed E-state index contributed by atoms with van der Waals surface area (Å²) in [4.78, 5) is 19.8. The van der Waals surface area contributed by atoms with E-state index in [2.05, 4.69) is 0 Å². The molecular weight excluding hydrogens is 220 g/mol. The number of fused-ring (bicyclic) bond motifs is 2. The van der Waals surface area contributed by atoms with Gasteiger partial charge in [0.1, 0.15) is 10.8 Å². The Hall–Kier alpha value is -2.49. The molecule has 0 saturated carbocycles. The molecule has 17 heavy (non-hydrogen) atoms. The summed E-state index contributed by atoms with van der Waals surface area (Å²) in [5.41, 5.74) is 1.45. The molecule has 0 amide bonds. The van der Waals surface area contributed by atoms with Crippen molar-refractivity contribution in [1.29, 1.82) is 0 Å². The SMILES string of the molecule is O=C1C=CC=C2[O+]=c3ccccc3=C12.O=C[O-]. The van der Waals surface area contributed by atoms with Crippen molar-refractivity contribution in [1.82, 2.24) is 0 Å².